The van der Waals surface area contributed by atoms with Crippen LogP contribution in [0.15, 0.2) is 24.3 Å². The van der Waals surface area contributed by atoms with Gasteiger partial charge in [-0.15, -0.1) is 0 Å². The normalized spacial score (nSPS) is 9.58. The van der Waals surface area contributed by atoms with Gasteiger partial charge in [-0.3, -0.25) is 20.4 Å². The van der Waals surface area contributed by atoms with Crippen molar-refractivity contribution in [2.45, 2.75) is 19.8 Å². The summed E-state index contributed by atoms with van der Waals surface area (Å²) in [5.74, 6) is -0.486. The lowest BCUT2D eigenvalue weighted by molar-refractivity contribution is -0.121. The third kappa shape index (κ3) is 6.17. The first-order chi connectivity index (χ1) is 9.01. The number of halogens is 1. The number of nitrogens with one attached hydrogen (secondary N) is 3. The second-order valence-corrected chi connectivity index (χ2v) is 4.55. The van der Waals surface area contributed by atoms with E-state index < -0.39 is 0 Å². The number of carbonyl (C=O) groups excluding carboxylic acids is 2. The minimum absolute atomic E-state index is 0.0660. The molecule has 0 saturated heterocycles. The standard InChI is InChI=1S/C12H14ClN3O2S/c1-2-10(17)14-12(19)16-15-11(18)7-8-3-5-9(13)6-4-8/h3-6H,2,7H2,1H3,(H,15,18)(H2,14,16,17,19). The summed E-state index contributed by atoms with van der Waals surface area (Å²) in [7, 11) is 0. The number of hydrogen-bond donors (Lipinski definition) is 3. The highest BCUT2D eigenvalue weighted by atomic mass is 35.5. The van der Waals surface area contributed by atoms with Gasteiger partial charge in [0.15, 0.2) is 5.11 Å². The van der Waals surface area contributed by atoms with Gasteiger partial charge in [-0.2, -0.15) is 0 Å². The Morgan fingerprint density at radius 2 is 1.79 bits per heavy atom. The molecule has 0 aliphatic heterocycles. The van der Waals surface area contributed by atoms with Crippen LogP contribution < -0.4 is 16.2 Å². The van der Waals surface area contributed by atoms with Gasteiger partial charge in [0.1, 0.15) is 0 Å². The Labute approximate surface area is 121 Å². The topological polar surface area (TPSA) is 70.2 Å². The highest BCUT2D eigenvalue weighted by molar-refractivity contribution is 7.80. The van der Waals surface area contributed by atoms with Crippen molar-refractivity contribution < 1.29 is 9.59 Å². The van der Waals surface area contributed by atoms with Crippen LogP contribution in [0.5, 0.6) is 0 Å². The summed E-state index contributed by atoms with van der Waals surface area (Å²) in [6, 6.07) is 6.95. The van der Waals surface area contributed by atoms with Crippen molar-refractivity contribution in [2.24, 2.45) is 0 Å². The molecule has 0 aromatic heterocycles. The Bertz CT molecular complexity index is 476. The number of hydrazine groups is 1. The summed E-state index contributed by atoms with van der Waals surface area (Å²) in [6.07, 6.45) is 0.509. The van der Waals surface area contributed by atoms with Crippen molar-refractivity contribution in [3.05, 3.63) is 34.9 Å². The third-order valence-corrected chi connectivity index (χ3v) is 2.62. The number of rotatable bonds is 3. The van der Waals surface area contributed by atoms with Gasteiger partial charge in [0.2, 0.25) is 11.8 Å². The molecule has 3 N–H and O–H groups in total. The van der Waals surface area contributed by atoms with Crippen LogP contribution in [0.25, 0.3) is 0 Å². The van der Waals surface area contributed by atoms with E-state index in [2.05, 4.69) is 16.2 Å². The van der Waals surface area contributed by atoms with Crippen molar-refractivity contribution in [3.63, 3.8) is 0 Å². The highest BCUT2D eigenvalue weighted by Gasteiger charge is 2.05. The van der Waals surface area contributed by atoms with E-state index in [4.69, 9.17) is 23.8 Å². The molecule has 0 radical (unpaired) electrons. The lowest BCUT2D eigenvalue weighted by Crippen LogP contribution is -2.48. The van der Waals surface area contributed by atoms with Gasteiger partial charge in [-0.25, -0.2) is 0 Å². The van der Waals surface area contributed by atoms with Crippen LogP contribution in [-0.2, 0) is 16.0 Å². The van der Waals surface area contributed by atoms with Gasteiger partial charge in [0, 0.05) is 11.4 Å². The average Bonchev–Trinajstić information content (AvgIpc) is 2.39. The van der Waals surface area contributed by atoms with Crippen LogP contribution in [-0.4, -0.2) is 16.9 Å². The lowest BCUT2D eigenvalue weighted by Gasteiger charge is -2.10. The predicted molar refractivity (Wildman–Crippen MR) is 77.5 cm³/mol. The molecule has 0 aliphatic carbocycles. The van der Waals surface area contributed by atoms with E-state index in [-0.39, 0.29) is 23.3 Å². The molecule has 102 valence electrons. The maximum absolute atomic E-state index is 11.6. The van der Waals surface area contributed by atoms with Gasteiger partial charge >= 0.3 is 0 Å². The molecule has 7 heteroatoms. The largest absolute Gasteiger partial charge is 0.302 e. The fourth-order valence-corrected chi connectivity index (χ4v) is 1.50. The van der Waals surface area contributed by atoms with Gasteiger partial charge < -0.3 is 5.32 Å². The Hall–Kier alpha value is -1.66. The molecule has 0 heterocycles. The van der Waals surface area contributed by atoms with Gasteiger partial charge in [0.05, 0.1) is 6.42 Å². The molecular formula is C12H14ClN3O2S. The SMILES string of the molecule is CCC(=O)NC(=S)NNC(=O)Cc1ccc(Cl)cc1. The second-order valence-electron chi connectivity index (χ2n) is 3.71. The Kier molecular flexibility index (Phi) is 6.24. The van der Waals surface area contributed by atoms with E-state index in [0.29, 0.717) is 11.4 Å². The smallest absolute Gasteiger partial charge is 0.242 e. The fourth-order valence-electron chi connectivity index (χ4n) is 1.20. The van der Waals surface area contributed by atoms with E-state index >= 15 is 0 Å². The van der Waals surface area contributed by atoms with E-state index in [1.807, 2.05) is 0 Å². The first kappa shape index (κ1) is 15.4. The van der Waals surface area contributed by atoms with Crippen LogP contribution in [0, 0.1) is 0 Å². The number of thiocarbonyl (C=S) groups is 1. The van der Waals surface area contributed by atoms with Crippen molar-refractivity contribution >= 4 is 40.7 Å². The quantitative estimate of drug-likeness (QED) is 0.581. The minimum Gasteiger partial charge on any atom is -0.302 e. The Morgan fingerprint density at radius 3 is 2.37 bits per heavy atom. The molecule has 2 amide bonds. The van der Waals surface area contributed by atoms with E-state index in [0.717, 1.165) is 5.56 Å². The summed E-state index contributed by atoms with van der Waals surface area (Å²) < 4.78 is 0. The number of benzene rings is 1. The molecule has 0 fully saturated rings. The molecule has 0 saturated carbocycles. The van der Waals surface area contributed by atoms with Crippen molar-refractivity contribution in [1.82, 2.24) is 16.2 Å². The van der Waals surface area contributed by atoms with Crippen molar-refractivity contribution in [2.75, 3.05) is 0 Å². The Balaban J connectivity index is 2.33. The zero-order valence-electron chi connectivity index (χ0n) is 10.3. The molecule has 0 unspecified atom stereocenters. The molecule has 1 aromatic rings. The molecule has 1 aromatic carbocycles. The molecule has 0 bridgehead atoms. The highest BCUT2D eigenvalue weighted by Crippen LogP contribution is 2.09. The van der Waals surface area contributed by atoms with Crippen LogP contribution >= 0.6 is 23.8 Å². The van der Waals surface area contributed by atoms with Gasteiger partial charge in [-0.05, 0) is 29.9 Å². The number of carbonyl (C=O) groups is 2. The summed E-state index contributed by atoms with van der Waals surface area (Å²) in [4.78, 5) is 22.6. The lowest BCUT2D eigenvalue weighted by atomic mass is 10.1. The monoisotopic (exact) mass is 299 g/mol. The van der Waals surface area contributed by atoms with E-state index in [1.165, 1.54) is 0 Å². The van der Waals surface area contributed by atoms with Crippen LogP contribution in [0.1, 0.15) is 18.9 Å². The van der Waals surface area contributed by atoms with Gasteiger partial charge in [0.25, 0.3) is 0 Å². The zero-order chi connectivity index (χ0) is 14.3. The molecule has 0 aliphatic rings. The third-order valence-electron chi connectivity index (χ3n) is 2.17. The average molecular weight is 300 g/mol. The van der Waals surface area contributed by atoms with Gasteiger partial charge in [-0.1, -0.05) is 30.7 Å². The summed E-state index contributed by atoms with van der Waals surface area (Å²) in [5.41, 5.74) is 5.68. The maximum atomic E-state index is 11.6. The zero-order valence-corrected chi connectivity index (χ0v) is 11.9. The van der Waals surface area contributed by atoms with Crippen molar-refractivity contribution in [3.8, 4) is 0 Å². The van der Waals surface area contributed by atoms with Crippen LogP contribution in [0.3, 0.4) is 0 Å². The minimum atomic E-state index is -0.268. The summed E-state index contributed by atoms with van der Waals surface area (Å²) in [5, 5.41) is 3.09. The van der Waals surface area contributed by atoms with E-state index in [1.54, 1.807) is 31.2 Å². The fraction of sp³-hybridized carbons (Fsp3) is 0.250. The second kappa shape index (κ2) is 7.70. The van der Waals surface area contributed by atoms with Crippen LogP contribution in [0.4, 0.5) is 0 Å². The summed E-state index contributed by atoms with van der Waals surface area (Å²) in [6.45, 7) is 1.71. The molecule has 19 heavy (non-hydrogen) atoms. The van der Waals surface area contributed by atoms with Crippen molar-refractivity contribution in [1.29, 1.82) is 0 Å². The molecule has 5 nitrogen and oxygen atoms in total. The first-order valence-electron chi connectivity index (χ1n) is 5.64. The predicted octanol–water partition coefficient (Wildman–Crippen LogP) is 1.31. The first-order valence-corrected chi connectivity index (χ1v) is 6.43. The number of hydrogen-bond acceptors (Lipinski definition) is 3. The molecule has 1 rings (SSSR count). The molecular weight excluding hydrogens is 286 g/mol. The number of amides is 2. The molecule has 0 spiro atoms. The molecule has 0 atom stereocenters. The van der Waals surface area contributed by atoms with E-state index in [9.17, 15) is 9.59 Å². The Morgan fingerprint density at radius 1 is 1.16 bits per heavy atom. The summed E-state index contributed by atoms with van der Waals surface area (Å²) >= 11 is 10.6. The van der Waals surface area contributed by atoms with Crippen LogP contribution in [0.2, 0.25) is 5.02 Å². The maximum Gasteiger partial charge on any atom is 0.242 e.